The predicted molar refractivity (Wildman–Crippen MR) is 152 cm³/mol. The van der Waals surface area contributed by atoms with E-state index in [1.54, 1.807) is 54.6 Å². The third-order valence-electron chi connectivity index (χ3n) is 6.04. The number of carbonyl (C=O) groups is 3. The molecule has 1 aliphatic heterocycles. The maximum absolute atomic E-state index is 13.6. The Balaban J connectivity index is 1.54. The Morgan fingerprint density at radius 2 is 1.70 bits per heavy atom. The van der Waals surface area contributed by atoms with E-state index < -0.39 is 40.4 Å². The Hall–Kier alpha value is -4.20. The van der Waals surface area contributed by atoms with E-state index in [9.17, 15) is 27.9 Å². The number of anilines is 1. The highest BCUT2D eigenvalue weighted by Gasteiger charge is 2.35. The monoisotopic (exact) mass is 581 g/mol. The Morgan fingerprint density at radius 1 is 1.02 bits per heavy atom. The Labute approximate surface area is 235 Å². The standard InChI is InChI=1S/C27H27N5O6S2/c28-25(29)19-8-6-17(7-9-19)13-30-24(33)14-32-22-11-10-20(27(35)36)12-23(22)39-15-21(26(32)34)31-40(37,38)16-18-4-2-1-3-5-18/h1-12,21,31H,13-16H2,(H3,28,29)(H,30,33)(H,35,36)/t21-/m1/s1. The smallest absolute Gasteiger partial charge is 0.335 e. The van der Waals surface area contributed by atoms with Crippen LogP contribution in [0.25, 0.3) is 0 Å². The van der Waals surface area contributed by atoms with Crippen molar-refractivity contribution in [2.24, 2.45) is 5.73 Å². The quantitative estimate of drug-likeness (QED) is 0.178. The minimum atomic E-state index is -3.93. The number of thioether (sulfide) groups is 1. The number of nitrogens with two attached hydrogens (primary N) is 1. The van der Waals surface area contributed by atoms with Gasteiger partial charge in [-0.3, -0.25) is 15.0 Å². The Kier molecular flexibility index (Phi) is 8.87. The normalized spacial score (nSPS) is 15.2. The molecule has 0 radical (unpaired) electrons. The molecule has 6 N–H and O–H groups in total. The van der Waals surface area contributed by atoms with Crippen molar-refractivity contribution < 1.29 is 27.9 Å². The molecule has 0 bridgehead atoms. The fourth-order valence-corrected chi connectivity index (χ4v) is 6.59. The van der Waals surface area contributed by atoms with Crippen LogP contribution in [-0.2, 0) is 31.9 Å². The van der Waals surface area contributed by atoms with Crippen LogP contribution in [0.15, 0.2) is 77.7 Å². The van der Waals surface area contributed by atoms with E-state index in [1.807, 2.05) is 0 Å². The van der Waals surface area contributed by atoms with Crippen LogP contribution in [0.5, 0.6) is 0 Å². The van der Waals surface area contributed by atoms with Crippen LogP contribution in [-0.4, -0.2) is 55.5 Å². The lowest BCUT2D eigenvalue weighted by molar-refractivity contribution is -0.124. The second-order valence-electron chi connectivity index (χ2n) is 9.03. The Morgan fingerprint density at radius 3 is 2.35 bits per heavy atom. The molecule has 11 nitrogen and oxygen atoms in total. The number of sulfonamides is 1. The summed E-state index contributed by atoms with van der Waals surface area (Å²) in [5.41, 5.74) is 7.61. The molecule has 0 aromatic heterocycles. The molecule has 0 aliphatic carbocycles. The maximum atomic E-state index is 13.6. The van der Waals surface area contributed by atoms with E-state index in [0.717, 1.165) is 17.3 Å². The number of nitrogen functional groups attached to an aromatic ring is 1. The van der Waals surface area contributed by atoms with Crippen molar-refractivity contribution in [3.63, 3.8) is 0 Å². The van der Waals surface area contributed by atoms with E-state index in [4.69, 9.17) is 11.1 Å². The van der Waals surface area contributed by atoms with Gasteiger partial charge in [0.1, 0.15) is 18.4 Å². The van der Waals surface area contributed by atoms with Crippen LogP contribution < -0.4 is 20.7 Å². The first-order valence-corrected chi connectivity index (χ1v) is 14.7. The van der Waals surface area contributed by atoms with E-state index in [1.165, 1.54) is 23.1 Å². The van der Waals surface area contributed by atoms with Gasteiger partial charge in [-0.25, -0.2) is 17.9 Å². The van der Waals surface area contributed by atoms with E-state index in [2.05, 4.69) is 10.0 Å². The molecule has 208 valence electrons. The lowest BCUT2D eigenvalue weighted by Gasteiger charge is -2.25. The van der Waals surface area contributed by atoms with Gasteiger partial charge in [-0.1, -0.05) is 54.6 Å². The van der Waals surface area contributed by atoms with Gasteiger partial charge in [0.05, 0.1) is 17.0 Å². The van der Waals surface area contributed by atoms with Crippen molar-refractivity contribution in [3.8, 4) is 0 Å². The summed E-state index contributed by atoms with van der Waals surface area (Å²) in [4.78, 5) is 39.7. The average Bonchev–Trinajstić information content (AvgIpc) is 3.04. The highest BCUT2D eigenvalue weighted by Crippen LogP contribution is 2.35. The third-order valence-corrected chi connectivity index (χ3v) is 8.54. The molecule has 1 aliphatic rings. The zero-order chi connectivity index (χ0) is 28.9. The van der Waals surface area contributed by atoms with Crippen molar-refractivity contribution in [1.29, 1.82) is 5.41 Å². The molecule has 2 amide bonds. The van der Waals surface area contributed by atoms with E-state index in [-0.39, 0.29) is 29.4 Å². The average molecular weight is 582 g/mol. The lowest BCUT2D eigenvalue weighted by Crippen LogP contribution is -2.51. The highest BCUT2D eigenvalue weighted by molar-refractivity contribution is 7.99. The van der Waals surface area contributed by atoms with Gasteiger partial charge in [0.25, 0.3) is 0 Å². The number of nitrogens with zero attached hydrogens (tertiary/aromatic N) is 1. The van der Waals surface area contributed by atoms with Crippen molar-refractivity contribution in [2.75, 3.05) is 17.2 Å². The van der Waals surface area contributed by atoms with E-state index >= 15 is 0 Å². The number of carboxylic acids is 1. The third kappa shape index (κ3) is 7.25. The molecular weight excluding hydrogens is 554 g/mol. The SMILES string of the molecule is N=C(N)c1ccc(CNC(=O)CN2C(=O)[C@H](NS(=O)(=O)Cc3ccccc3)CSc3cc(C(=O)O)ccc32)cc1. The number of benzene rings is 3. The molecule has 1 atom stereocenters. The van der Waals surface area contributed by atoms with Gasteiger partial charge in [-0.15, -0.1) is 11.8 Å². The molecule has 40 heavy (non-hydrogen) atoms. The molecule has 4 rings (SSSR count). The minimum Gasteiger partial charge on any atom is -0.478 e. The van der Waals surface area contributed by atoms with Gasteiger partial charge in [-0.05, 0) is 29.3 Å². The van der Waals surface area contributed by atoms with Gasteiger partial charge >= 0.3 is 5.97 Å². The van der Waals surface area contributed by atoms with Gasteiger partial charge in [0.2, 0.25) is 21.8 Å². The van der Waals surface area contributed by atoms with E-state index in [0.29, 0.717) is 21.7 Å². The zero-order valence-electron chi connectivity index (χ0n) is 21.2. The summed E-state index contributed by atoms with van der Waals surface area (Å²) < 4.78 is 28.3. The maximum Gasteiger partial charge on any atom is 0.335 e. The molecule has 0 spiro atoms. The first-order valence-electron chi connectivity index (χ1n) is 12.1. The molecule has 3 aromatic carbocycles. The van der Waals surface area contributed by atoms with Gasteiger partial charge in [0, 0.05) is 22.8 Å². The summed E-state index contributed by atoms with van der Waals surface area (Å²) in [6, 6.07) is 18.2. The number of hydrogen-bond acceptors (Lipinski definition) is 7. The first-order chi connectivity index (χ1) is 19.0. The second-order valence-corrected chi connectivity index (χ2v) is 11.8. The minimum absolute atomic E-state index is 0.000201. The summed E-state index contributed by atoms with van der Waals surface area (Å²) >= 11 is 1.13. The summed E-state index contributed by atoms with van der Waals surface area (Å²) in [5, 5.41) is 19.6. The lowest BCUT2D eigenvalue weighted by atomic mass is 10.1. The van der Waals surface area contributed by atoms with Gasteiger partial charge in [-0.2, -0.15) is 0 Å². The van der Waals surface area contributed by atoms with Crippen molar-refractivity contribution >= 4 is 51.1 Å². The number of fused-ring (bicyclic) bond motifs is 1. The zero-order valence-corrected chi connectivity index (χ0v) is 22.8. The van der Waals surface area contributed by atoms with Crippen molar-refractivity contribution in [2.45, 2.75) is 23.2 Å². The van der Waals surface area contributed by atoms with Gasteiger partial charge in [0.15, 0.2) is 0 Å². The summed E-state index contributed by atoms with van der Waals surface area (Å²) in [5.74, 6) is -2.70. The van der Waals surface area contributed by atoms with Crippen LogP contribution >= 0.6 is 11.8 Å². The summed E-state index contributed by atoms with van der Waals surface area (Å²) in [7, 11) is -3.93. The molecule has 13 heteroatoms. The summed E-state index contributed by atoms with van der Waals surface area (Å²) in [6.45, 7) is -0.271. The number of rotatable bonds is 10. The molecule has 1 heterocycles. The Bertz CT molecular complexity index is 1550. The number of hydrogen-bond donors (Lipinski definition) is 5. The first kappa shape index (κ1) is 28.8. The topological polar surface area (TPSA) is 183 Å². The predicted octanol–water partition coefficient (Wildman–Crippen LogP) is 1.91. The van der Waals surface area contributed by atoms with Crippen molar-refractivity contribution in [1.82, 2.24) is 10.0 Å². The highest BCUT2D eigenvalue weighted by atomic mass is 32.2. The summed E-state index contributed by atoms with van der Waals surface area (Å²) in [6.07, 6.45) is 0. The number of carbonyl (C=O) groups excluding carboxylic acids is 2. The number of aromatic carboxylic acids is 1. The molecule has 3 aromatic rings. The largest absolute Gasteiger partial charge is 0.478 e. The van der Waals surface area contributed by atoms with Crippen LogP contribution in [0.1, 0.15) is 27.0 Å². The van der Waals surface area contributed by atoms with Crippen LogP contribution in [0.4, 0.5) is 5.69 Å². The fraction of sp³-hybridized carbons (Fsp3) is 0.185. The second kappa shape index (κ2) is 12.3. The molecule has 0 unspecified atom stereocenters. The van der Waals surface area contributed by atoms with Crippen LogP contribution in [0, 0.1) is 5.41 Å². The molecule has 0 saturated carbocycles. The van der Waals surface area contributed by atoms with Crippen LogP contribution in [0.2, 0.25) is 0 Å². The fourth-order valence-electron chi connectivity index (χ4n) is 4.04. The van der Waals surface area contributed by atoms with Crippen molar-refractivity contribution in [3.05, 3.63) is 95.1 Å². The molecule has 0 fully saturated rings. The molecular formula is C27H27N5O6S2. The number of amidine groups is 1. The number of carboxylic acid groups (broad SMARTS) is 1. The number of amides is 2. The van der Waals surface area contributed by atoms with Gasteiger partial charge < -0.3 is 21.1 Å². The molecule has 0 saturated heterocycles. The number of nitrogens with one attached hydrogen (secondary N) is 3. The van der Waals surface area contributed by atoms with Crippen LogP contribution in [0.3, 0.4) is 0 Å².